The molecular weight excluding hydrogens is 1190 g/mol. The molecule has 2 fully saturated rings. The van der Waals surface area contributed by atoms with Gasteiger partial charge in [0.2, 0.25) is 41.4 Å². The molecule has 27 heteroatoms. The first kappa shape index (κ1) is 67.8. The third-order valence-corrected chi connectivity index (χ3v) is 16.8. The van der Waals surface area contributed by atoms with Crippen molar-refractivity contribution in [2.45, 2.75) is 180 Å². The number of nitrogens with zero attached hydrogens (tertiary/aromatic N) is 3. The number of ether oxygens (including phenoxy) is 5. The van der Waals surface area contributed by atoms with Crippen molar-refractivity contribution in [2.75, 3.05) is 25.5 Å². The lowest BCUT2D eigenvalue weighted by Crippen LogP contribution is -2.59. The molecule has 2 aromatic heterocycles. The van der Waals surface area contributed by atoms with Gasteiger partial charge in [0.15, 0.2) is 5.11 Å². The summed E-state index contributed by atoms with van der Waals surface area (Å²) in [6, 6.07) is 11.4. The lowest BCUT2D eigenvalue weighted by Gasteiger charge is -2.40. The smallest absolute Gasteiger partial charge is 0.355 e. The van der Waals surface area contributed by atoms with Gasteiger partial charge in [-0.1, -0.05) is 66.7 Å². The number of rotatable bonds is 25. The van der Waals surface area contributed by atoms with E-state index in [9.17, 15) is 58.5 Å². The van der Waals surface area contributed by atoms with E-state index in [1.807, 2.05) is 44.2 Å². The summed E-state index contributed by atoms with van der Waals surface area (Å²) in [5, 5.41) is 48.2. The standard InChI is InChI=1S/C63H81N9O17S/c1-10-63(40-27-46-50-36(26-35-14-11-12-15-41(35)67-50)29-72(46)58(82)39(40)30-86-61(63)84)89-59(83)49(33(6)7)70-55(79)42(21-22-48(74)75)68-56(80)44(25-32(4)5)66-47(73)28-64-54(78)43(24-31(2)3)69-57(81)45-16-13-23-71(45)62(90)65-37-17-19-38(20-18-37)88-60-52(77)53(85-9)51(76)34(8)87-60/h11-12,14-15,17-20,26-27,31-34,42-45,49,51-53,60,76-77H,10,13,16,21-25,28-30H2,1-9H3,(H,64,78)(H,65,90)(H,66,73)(H,68,80)(H,69,81)(H,70,79)(H,74,75)/t34-,42-,43-,44-,45-,49-,51+,52?,53+,60+,63-/m0/s1. The summed E-state index contributed by atoms with van der Waals surface area (Å²) in [5.41, 5.74) is 0.571. The lowest BCUT2D eigenvalue weighted by molar-refractivity contribution is -0.272. The summed E-state index contributed by atoms with van der Waals surface area (Å²) in [7, 11) is 1.37. The number of carbonyl (C=O) groups is 8. The maximum atomic E-state index is 14.5. The average molecular weight is 1270 g/mol. The van der Waals surface area contributed by atoms with E-state index in [4.69, 9.17) is 40.9 Å². The number of likely N-dealkylation sites (tertiary alicyclic amines) is 1. The summed E-state index contributed by atoms with van der Waals surface area (Å²) in [5.74, 6) is -7.80. The molecule has 486 valence electrons. The highest BCUT2D eigenvalue weighted by Crippen LogP contribution is 2.41. The number of hydrogen-bond donors (Lipinski definition) is 9. The van der Waals surface area contributed by atoms with Crippen LogP contribution in [-0.4, -0.2) is 163 Å². The van der Waals surface area contributed by atoms with Crippen LogP contribution in [0.3, 0.4) is 0 Å². The van der Waals surface area contributed by atoms with Gasteiger partial charge in [0.05, 0.1) is 41.7 Å². The van der Waals surface area contributed by atoms with E-state index in [1.165, 1.54) is 11.7 Å². The van der Waals surface area contributed by atoms with Crippen LogP contribution in [0.5, 0.6) is 5.75 Å². The molecule has 6 heterocycles. The number of carboxylic acid groups (broad SMARTS) is 1. The zero-order chi connectivity index (χ0) is 65.5. The van der Waals surface area contributed by atoms with E-state index < -0.39 is 145 Å². The van der Waals surface area contributed by atoms with Gasteiger partial charge in [-0.25, -0.2) is 14.6 Å². The first-order chi connectivity index (χ1) is 42.7. The maximum absolute atomic E-state index is 14.5. The van der Waals surface area contributed by atoms with Crippen LogP contribution in [0.2, 0.25) is 0 Å². The number of para-hydroxylation sites is 1. The number of thiocarbonyl (C=S) groups is 1. The summed E-state index contributed by atoms with van der Waals surface area (Å²) < 4.78 is 30.0. The molecule has 11 atom stereocenters. The van der Waals surface area contributed by atoms with Crippen molar-refractivity contribution in [3.05, 3.63) is 87.7 Å². The van der Waals surface area contributed by atoms with E-state index in [-0.39, 0.29) is 60.5 Å². The van der Waals surface area contributed by atoms with Gasteiger partial charge in [-0.05, 0) is 118 Å². The molecule has 4 aliphatic heterocycles. The zero-order valence-corrected chi connectivity index (χ0v) is 52.7. The topological polar surface area (TPSA) is 354 Å². The molecule has 0 radical (unpaired) electrons. The van der Waals surface area contributed by atoms with E-state index >= 15 is 0 Å². The van der Waals surface area contributed by atoms with Crippen LogP contribution in [0.15, 0.2) is 65.5 Å². The summed E-state index contributed by atoms with van der Waals surface area (Å²) in [4.78, 5) is 131. The molecule has 0 bridgehead atoms. The van der Waals surface area contributed by atoms with Gasteiger partial charge >= 0.3 is 17.9 Å². The average Bonchev–Trinajstić information content (AvgIpc) is 1.38. The largest absolute Gasteiger partial charge is 0.481 e. The minimum Gasteiger partial charge on any atom is -0.481 e. The highest BCUT2D eigenvalue weighted by molar-refractivity contribution is 7.80. The second-order valence-corrected chi connectivity index (χ2v) is 24.8. The predicted octanol–water partition coefficient (Wildman–Crippen LogP) is 3.02. The van der Waals surface area contributed by atoms with Gasteiger partial charge in [0.1, 0.15) is 60.9 Å². The van der Waals surface area contributed by atoms with Crippen molar-refractivity contribution >= 4 is 81.4 Å². The summed E-state index contributed by atoms with van der Waals surface area (Å²) in [6.45, 7) is 13.3. The Bertz CT molecular complexity index is 3430. The number of methoxy groups -OCH3 is 1. The minimum absolute atomic E-state index is 0.0319. The van der Waals surface area contributed by atoms with Crippen molar-refractivity contribution in [2.24, 2.45) is 17.8 Å². The Labute approximate surface area is 525 Å². The Hall–Kier alpha value is -8.11. The first-order valence-corrected chi connectivity index (χ1v) is 30.8. The Morgan fingerprint density at radius 1 is 0.856 bits per heavy atom. The van der Waals surface area contributed by atoms with E-state index in [1.54, 1.807) is 76.8 Å². The molecule has 1 unspecified atom stereocenters. The molecule has 8 rings (SSSR count). The van der Waals surface area contributed by atoms with Gasteiger partial charge in [0, 0.05) is 42.3 Å². The second-order valence-electron chi connectivity index (χ2n) is 24.4. The molecule has 0 spiro atoms. The van der Waals surface area contributed by atoms with Crippen LogP contribution >= 0.6 is 12.2 Å². The van der Waals surface area contributed by atoms with Crippen LogP contribution in [-0.2, 0) is 76.1 Å². The fourth-order valence-corrected chi connectivity index (χ4v) is 12.0. The SMILES string of the molecule is CC[C@@]1(OC(=O)[C@@H](NC(=O)[C@H](CCC(=O)O)NC(=O)[C@H](CC(C)C)NC(=O)CNC(=O)[C@H](CC(C)C)NC(=O)[C@@H]2CCCN2C(=S)Nc2ccc(O[C@H]3O[C@@H](C)[C@@H](O)[C@@H](OC)C3O)cc2)C(C)C)C(=O)OCc2c1cc1n(c2=O)Cc2cc3ccccc3nc2-1. The van der Waals surface area contributed by atoms with Crippen LogP contribution in [0.25, 0.3) is 22.3 Å². The van der Waals surface area contributed by atoms with Crippen molar-refractivity contribution in [3.8, 4) is 17.1 Å². The maximum Gasteiger partial charge on any atom is 0.355 e. The fourth-order valence-electron chi connectivity index (χ4n) is 11.7. The highest BCUT2D eigenvalue weighted by atomic mass is 32.1. The summed E-state index contributed by atoms with van der Waals surface area (Å²) in [6.07, 6.45) is -4.98. The van der Waals surface area contributed by atoms with Gasteiger partial charge in [-0.2, -0.15) is 0 Å². The minimum atomic E-state index is -2.14. The third kappa shape index (κ3) is 15.4. The highest BCUT2D eigenvalue weighted by Gasteiger charge is 2.52. The number of amides is 5. The van der Waals surface area contributed by atoms with Crippen LogP contribution in [0.1, 0.15) is 117 Å². The molecule has 4 aliphatic rings. The molecular formula is C63H81N9O17S. The molecule has 90 heavy (non-hydrogen) atoms. The molecule has 26 nitrogen and oxygen atoms in total. The number of pyridine rings is 2. The predicted molar refractivity (Wildman–Crippen MR) is 330 cm³/mol. The molecule has 2 aromatic carbocycles. The number of fused-ring (bicyclic) bond motifs is 5. The Balaban J connectivity index is 0.884. The number of aliphatic carboxylic acids is 1. The number of hydrogen-bond acceptors (Lipinski definition) is 18. The Morgan fingerprint density at radius 2 is 1.53 bits per heavy atom. The molecule has 9 N–H and O–H groups in total. The number of carbonyl (C=O) groups excluding carboxylic acids is 7. The molecule has 0 aliphatic carbocycles. The fraction of sp³-hybridized carbons (Fsp3) is 0.540. The number of anilines is 1. The van der Waals surface area contributed by atoms with Crippen molar-refractivity contribution in [3.63, 3.8) is 0 Å². The molecule has 2 saturated heterocycles. The van der Waals surface area contributed by atoms with E-state index in [0.717, 1.165) is 10.9 Å². The van der Waals surface area contributed by atoms with E-state index in [2.05, 4.69) is 31.9 Å². The zero-order valence-electron chi connectivity index (χ0n) is 51.9. The normalized spacial score (nSPS) is 22.2. The number of aliphatic hydroxyl groups excluding tert-OH is 2. The van der Waals surface area contributed by atoms with Crippen molar-refractivity contribution < 1.29 is 77.4 Å². The number of cyclic esters (lactones) is 1. The molecule has 4 aromatic rings. The summed E-state index contributed by atoms with van der Waals surface area (Å²) >= 11 is 5.75. The lowest BCUT2D eigenvalue weighted by atomic mass is 9.85. The number of carboxylic acids is 1. The monoisotopic (exact) mass is 1270 g/mol. The molecule has 5 amide bonds. The van der Waals surface area contributed by atoms with Crippen LogP contribution < -0.4 is 42.2 Å². The Kier molecular flexibility index (Phi) is 22.0. The molecule has 0 saturated carbocycles. The van der Waals surface area contributed by atoms with Crippen LogP contribution in [0.4, 0.5) is 5.69 Å². The number of benzene rings is 2. The van der Waals surface area contributed by atoms with Crippen LogP contribution in [0, 0.1) is 17.8 Å². The first-order valence-electron chi connectivity index (χ1n) is 30.4. The van der Waals surface area contributed by atoms with E-state index in [0.29, 0.717) is 47.7 Å². The number of aliphatic hydroxyl groups is 2. The number of aromatic nitrogens is 2. The number of esters is 2. The third-order valence-electron chi connectivity index (χ3n) is 16.5. The van der Waals surface area contributed by atoms with Gasteiger partial charge in [-0.3, -0.25) is 33.6 Å². The van der Waals surface area contributed by atoms with Crippen molar-refractivity contribution in [1.29, 1.82) is 0 Å². The second kappa shape index (κ2) is 29.2. The van der Waals surface area contributed by atoms with Gasteiger partial charge < -0.3 is 80.4 Å². The number of nitrogens with one attached hydrogen (secondary N) is 6. The Morgan fingerprint density at radius 3 is 2.19 bits per heavy atom. The van der Waals surface area contributed by atoms with Gasteiger partial charge in [-0.15, -0.1) is 0 Å². The van der Waals surface area contributed by atoms with Crippen molar-refractivity contribution in [1.82, 2.24) is 41.0 Å². The quantitative estimate of drug-likeness (QED) is 0.0299. The van der Waals surface area contributed by atoms with Gasteiger partial charge in [0.25, 0.3) is 5.56 Å².